The van der Waals surface area contributed by atoms with E-state index in [0.29, 0.717) is 12.5 Å². The topological polar surface area (TPSA) is 55.1 Å². The largest absolute Gasteiger partial charge is 0.349 e. The van der Waals surface area contributed by atoms with Gasteiger partial charge in [0.1, 0.15) is 0 Å². The van der Waals surface area contributed by atoms with E-state index >= 15 is 0 Å². The van der Waals surface area contributed by atoms with Crippen LogP contribution in [-0.4, -0.2) is 18.5 Å². The molecule has 0 aliphatic heterocycles. The van der Waals surface area contributed by atoms with Crippen LogP contribution in [0.5, 0.6) is 0 Å². The summed E-state index contributed by atoms with van der Waals surface area (Å²) in [5.74, 6) is 0.446. The number of aryl methyl sites for hydroxylation is 1. The zero-order chi connectivity index (χ0) is 13.1. The minimum Gasteiger partial charge on any atom is -0.349 e. The van der Waals surface area contributed by atoms with Gasteiger partial charge in [0.05, 0.1) is 0 Å². The Kier molecular flexibility index (Phi) is 6.30. The van der Waals surface area contributed by atoms with E-state index in [2.05, 4.69) is 21.2 Å². The van der Waals surface area contributed by atoms with Gasteiger partial charge in [0, 0.05) is 16.1 Å². The third kappa shape index (κ3) is 3.94. The summed E-state index contributed by atoms with van der Waals surface area (Å²) in [5, 5.41) is 3.11. The lowest BCUT2D eigenvalue weighted by molar-refractivity contribution is 0.0928. The van der Waals surface area contributed by atoms with Gasteiger partial charge in [-0.05, 0) is 56.0 Å². The second-order valence-electron chi connectivity index (χ2n) is 4.97. The van der Waals surface area contributed by atoms with Crippen molar-refractivity contribution in [3.8, 4) is 0 Å². The Bertz CT molecular complexity index is 453. The second-order valence-corrected chi connectivity index (χ2v) is 5.82. The maximum absolute atomic E-state index is 12.2. The van der Waals surface area contributed by atoms with Crippen molar-refractivity contribution in [2.75, 3.05) is 6.54 Å². The molecule has 0 bridgehead atoms. The SMILES string of the molecule is Cc1cc(C(=O)NC2CCCC2CN)ccc1Br.Cl. The van der Waals surface area contributed by atoms with E-state index in [9.17, 15) is 4.79 Å². The quantitative estimate of drug-likeness (QED) is 0.883. The van der Waals surface area contributed by atoms with Gasteiger partial charge >= 0.3 is 0 Å². The summed E-state index contributed by atoms with van der Waals surface area (Å²) < 4.78 is 1.03. The number of benzene rings is 1. The van der Waals surface area contributed by atoms with Crippen molar-refractivity contribution in [2.24, 2.45) is 11.7 Å². The fraction of sp³-hybridized carbons (Fsp3) is 0.500. The highest BCUT2D eigenvalue weighted by molar-refractivity contribution is 9.10. The third-order valence-electron chi connectivity index (χ3n) is 3.70. The van der Waals surface area contributed by atoms with E-state index in [1.54, 1.807) is 0 Å². The average Bonchev–Trinajstić information content (AvgIpc) is 2.79. The van der Waals surface area contributed by atoms with Gasteiger partial charge in [-0.3, -0.25) is 4.79 Å². The molecule has 2 atom stereocenters. The van der Waals surface area contributed by atoms with Gasteiger partial charge in [-0.2, -0.15) is 0 Å². The molecule has 1 aromatic rings. The van der Waals surface area contributed by atoms with E-state index in [1.165, 1.54) is 0 Å². The number of hydrogen-bond donors (Lipinski definition) is 2. The van der Waals surface area contributed by atoms with Crippen molar-refractivity contribution in [3.05, 3.63) is 33.8 Å². The van der Waals surface area contributed by atoms with Crippen LogP contribution in [0.4, 0.5) is 0 Å². The molecule has 1 fully saturated rings. The molecule has 1 aliphatic rings. The highest BCUT2D eigenvalue weighted by atomic mass is 79.9. The molecular formula is C14H20BrClN2O. The predicted octanol–water partition coefficient (Wildman–Crippen LogP) is 3.04. The lowest BCUT2D eigenvalue weighted by Gasteiger charge is -2.19. The molecule has 2 unspecified atom stereocenters. The van der Waals surface area contributed by atoms with Crippen molar-refractivity contribution in [1.82, 2.24) is 5.32 Å². The van der Waals surface area contributed by atoms with Crippen LogP contribution in [0, 0.1) is 12.8 Å². The van der Waals surface area contributed by atoms with E-state index in [4.69, 9.17) is 5.73 Å². The Hall–Kier alpha value is -0.580. The molecule has 1 aromatic carbocycles. The Morgan fingerprint density at radius 3 is 2.84 bits per heavy atom. The van der Waals surface area contributed by atoms with Gasteiger partial charge in [0.25, 0.3) is 5.91 Å². The van der Waals surface area contributed by atoms with Crippen molar-refractivity contribution < 1.29 is 4.79 Å². The minimum absolute atomic E-state index is 0. The Morgan fingerprint density at radius 2 is 2.21 bits per heavy atom. The summed E-state index contributed by atoms with van der Waals surface area (Å²) in [6.45, 7) is 2.64. The van der Waals surface area contributed by atoms with Gasteiger partial charge in [-0.1, -0.05) is 22.4 Å². The molecule has 19 heavy (non-hydrogen) atoms. The number of nitrogens with one attached hydrogen (secondary N) is 1. The lowest BCUT2D eigenvalue weighted by atomic mass is 10.0. The summed E-state index contributed by atoms with van der Waals surface area (Å²) in [4.78, 5) is 12.2. The van der Waals surface area contributed by atoms with Gasteiger partial charge < -0.3 is 11.1 Å². The molecular weight excluding hydrogens is 328 g/mol. The van der Waals surface area contributed by atoms with Gasteiger partial charge in [-0.15, -0.1) is 12.4 Å². The molecule has 1 amide bonds. The fourth-order valence-corrected chi connectivity index (χ4v) is 2.79. The number of rotatable bonds is 3. The number of carbonyl (C=O) groups excluding carboxylic acids is 1. The number of amides is 1. The summed E-state index contributed by atoms with van der Waals surface area (Å²) in [5.41, 5.74) is 7.52. The average molecular weight is 348 g/mol. The first-order valence-electron chi connectivity index (χ1n) is 6.39. The zero-order valence-corrected chi connectivity index (χ0v) is 13.4. The van der Waals surface area contributed by atoms with Crippen LogP contribution in [0.3, 0.4) is 0 Å². The number of halogens is 2. The molecule has 2 rings (SSSR count). The van der Waals surface area contributed by atoms with E-state index in [1.807, 2.05) is 25.1 Å². The molecule has 106 valence electrons. The number of nitrogens with two attached hydrogens (primary N) is 1. The first-order valence-corrected chi connectivity index (χ1v) is 7.18. The van der Waals surface area contributed by atoms with Crippen LogP contribution < -0.4 is 11.1 Å². The maximum Gasteiger partial charge on any atom is 0.251 e. The monoisotopic (exact) mass is 346 g/mol. The van der Waals surface area contributed by atoms with Crippen molar-refractivity contribution in [1.29, 1.82) is 0 Å². The van der Waals surface area contributed by atoms with Gasteiger partial charge in [0.2, 0.25) is 0 Å². The molecule has 1 saturated carbocycles. The Labute approximate surface area is 128 Å². The number of hydrogen-bond acceptors (Lipinski definition) is 2. The second kappa shape index (κ2) is 7.27. The van der Waals surface area contributed by atoms with Crippen molar-refractivity contribution in [3.63, 3.8) is 0 Å². The summed E-state index contributed by atoms with van der Waals surface area (Å²) in [7, 11) is 0. The standard InChI is InChI=1S/C14H19BrN2O.ClH/c1-9-7-10(5-6-12(9)15)14(18)17-13-4-2-3-11(13)8-16;/h5-7,11,13H,2-4,8,16H2,1H3,(H,17,18);1H. The first kappa shape index (κ1) is 16.5. The fourth-order valence-electron chi connectivity index (χ4n) is 2.55. The van der Waals surface area contributed by atoms with Crippen LogP contribution in [0.25, 0.3) is 0 Å². The maximum atomic E-state index is 12.2. The predicted molar refractivity (Wildman–Crippen MR) is 83.8 cm³/mol. The molecule has 0 radical (unpaired) electrons. The van der Waals surface area contributed by atoms with Crippen LogP contribution >= 0.6 is 28.3 Å². The molecule has 0 aromatic heterocycles. The smallest absolute Gasteiger partial charge is 0.251 e. The molecule has 3 nitrogen and oxygen atoms in total. The molecule has 5 heteroatoms. The Morgan fingerprint density at radius 1 is 1.47 bits per heavy atom. The molecule has 1 aliphatic carbocycles. The summed E-state index contributed by atoms with van der Waals surface area (Å²) in [6, 6.07) is 5.91. The zero-order valence-electron chi connectivity index (χ0n) is 11.0. The van der Waals surface area contributed by atoms with E-state index in [0.717, 1.165) is 34.9 Å². The van der Waals surface area contributed by atoms with Crippen LogP contribution in [-0.2, 0) is 0 Å². The van der Waals surface area contributed by atoms with E-state index in [-0.39, 0.29) is 24.4 Å². The van der Waals surface area contributed by atoms with Crippen molar-refractivity contribution in [2.45, 2.75) is 32.2 Å². The van der Waals surface area contributed by atoms with Gasteiger partial charge in [-0.25, -0.2) is 0 Å². The normalized spacial score (nSPS) is 21.8. The minimum atomic E-state index is 0. The highest BCUT2D eigenvalue weighted by Crippen LogP contribution is 2.25. The Balaban J connectivity index is 0.00000180. The third-order valence-corrected chi connectivity index (χ3v) is 4.59. The van der Waals surface area contributed by atoms with Crippen LogP contribution in [0.1, 0.15) is 35.2 Å². The van der Waals surface area contributed by atoms with Gasteiger partial charge in [0.15, 0.2) is 0 Å². The van der Waals surface area contributed by atoms with Crippen LogP contribution in [0.2, 0.25) is 0 Å². The molecule has 3 N–H and O–H groups in total. The number of carbonyl (C=O) groups is 1. The highest BCUT2D eigenvalue weighted by Gasteiger charge is 2.27. The van der Waals surface area contributed by atoms with E-state index < -0.39 is 0 Å². The molecule has 0 heterocycles. The van der Waals surface area contributed by atoms with Crippen molar-refractivity contribution >= 4 is 34.2 Å². The molecule has 0 saturated heterocycles. The molecule has 0 spiro atoms. The summed E-state index contributed by atoms with van der Waals surface area (Å²) >= 11 is 3.44. The lowest BCUT2D eigenvalue weighted by Crippen LogP contribution is -2.39. The van der Waals surface area contributed by atoms with Crippen LogP contribution in [0.15, 0.2) is 22.7 Å². The summed E-state index contributed by atoms with van der Waals surface area (Å²) in [6.07, 6.45) is 3.33. The first-order chi connectivity index (χ1) is 8.61.